The Balaban J connectivity index is 1.73. The van der Waals surface area contributed by atoms with Gasteiger partial charge in [-0.2, -0.15) is 0 Å². The number of para-hydroxylation sites is 2. The molecule has 0 aliphatic carbocycles. The molecule has 1 atom stereocenters. The molecular weight excluding hydrogens is 488 g/mol. The van der Waals surface area contributed by atoms with E-state index in [0.29, 0.717) is 11.1 Å². The van der Waals surface area contributed by atoms with Gasteiger partial charge in [0.1, 0.15) is 5.70 Å². The normalized spacial score (nSPS) is 15.5. The van der Waals surface area contributed by atoms with Gasteiger partial charge in [0.25, 0.3) is 5.91 Å². The van der Waals surface area contributed by atoms with Crippen LogP contribution in [0.4, 0.5) is 11.4 Å². The molecule has 1 N–H and O–H groups in total. The molecule has 4 aromatic carbocycles. The maximum atomic E-state index is 14.0. The van der Waals surface area contributed by atoms with Gasteiger partial charge in [-0.05, 0) is 42.0 Å². The van der Waals surface area contributed by atoms with E-state index in [2.05, 4.69) is 21.2 Å². The van der Waals surface area contributed by atoms with E-state index in [1.165, 1.54) is 0 Å². The minimum absolute atomic E-state index is 0.182. The third kappa shape index (κ3) is 4.18. The molecule has 0 radical (unpaired) electrons. The molecule has 0 spiro atoms. The fraction of sp³-hybridized carbons (Fsp3) is 0.0345. The Morgan fingerprint density at radius 2 is 1.29 bits per heavy atom. The molecule has 1 unspecified atom stereocenters. The summed E-state index contributed by atoms with van der Waals surface area (Å²) >= 11 is 3.49. The standard InChI is InChI=1S/C29H21BrN2O2/c30-22-18-16-20(17-19-22)27-25(28(33)21-10-4-1-5-11-21)26(31-23-12-6-2-7-13-23)29(34)32(27)24-14-8-3-9-15-24/h1-19,27,31H. The van der Waals surface area contributed by atoms with Gasteiger partial charge in [-0.25, -0.2) is 0 Å². The minimum Gasteiger partial charge on any atom is -0.351 e. The molecule has 4 aromatic rings. The average Bonchev–Trinajstić information content (AvgIpc) is 3.17. The molecule has 5 rings (SSSR count). The number of anilines is 2. The number of carbonyl (C=O) groups is 2. The Labute approximate surface area is 206 Å². The smallest absolute Gasteiger partial charge is 0.276 e. The fourth-order valence-electron chi connectivity index (χ4n) is 4.20. The zero-order chi connectivity index (χ0) is 23.5. The molecule has 166 valence electrons. The monoisotopic (exact) mass is 508 g/mol. The maximum Gasteiger partial charge on any atom is 0.276 e. The third-order valence-electron chi connectivity index (χ3n) is 5.78. The molecule has 1 amide bonds. The van der Waals surface area contributed by atoms with Gasteiger partial charge in [0.2, 0.25) is 0 Å². The lowest BCUT2D eigenvalue weighted by Gasteiger charge is -2.27. The maximum absolute atomic E-state index is 14.0. The Morgan fingerprint density at radius 3 is 1.91 bits per heavy atom. The summed E-state index contributed by atoms with van der Waals surface area (Å²) in [6.45, 7) is 0. The van der Waals surface area contributed by atoms with E-state index in [-0.39, 0.29) is 17.4 Å². The van der Waals surface area contributed by atoms with Crippen molar-refractivity contribution in [1.29, 1.82) is 0 Å². The van der Waals surface area contributed by atoms with E-state index in [1.807, 2.05) is 103 Å². The lowest BCUT2D eigenvalue weighted by atomic mass is 9.92. The van der Waals surface area contributed by atoms with Crippen molar-refractivity contribution in [1.82, 2.24) is 0 Å². The number of ketones is 1. The number of halogens is 1. The van der Waals surface area contributed by atoms with Crippen LogP contribution < -0.4 is 10.2 Å². The predicted octanol–water partition coefficient (Wildman–Crippen LogP) is 6.79. The predicted molar refractivity (Wildman–Crippen MR) is 139 cm³/mol. The first kappa shape index (κ1) is 21.9. The second kappa shape index (κ2) is 9.49. The van der Waals surface area contributed by atoms with Crippen LogP contribution in [0.2, 0.25) is 0 Å². The first-order valence-corrected chi connectivity index (χ1v) is 11.7. The first-order chi connectivity index (χ1) is 16.6. The van der Waals surface area contributed by atoms with Gasteiger partial charge in [0, 0.05) is 21.4 Å². The lowest BCUT2D eigenvalue weighted by Crippen LogP contribution is -2.31. The van der Waals surface area contributed by atoms with Gasteiger partial charge in [-0.15, -0.1) is 0 Å². The highest BCUT2D eigenvalue weighted by Gasteiger charge is 2.44. The van der Waals surface area contributed by atoms with Crippen LogP contribution in [0.25, 0.3) is 0 Å². The van der Waals surface area contributed by atoms with Gasteiger partial charge in [0.05, 0.1) is 11.6 Å². The largest absolute Gasteiger partial charge is 0.351 e. The van der Waals surface area contributed by atoms with E-state index in [1.54, 1.807) is 17.0 Å². The summed E-state index contributed by atoms with van der Waals surface area (Å²) in [5.74, 6) is -0.430. The molecule has 0 aromatic heterocycles. The number of hydrogen-bond acceptors (Lipinski definition) is 3. The van der Waals surface area contributed by atoms with Crippen LogP contribution in [0.1, 0.15) is 22.0 Å². The zero-order valence-corrected chi connectivity index (χ0v) is 19.8. The van der Waals surface area contributed by atoms with Crippen molar-refractivity contribution in [3.63, 3.8) is 0 Å². The summed E-state index contributed by atoms with van der Waals surface area (Å²) in [5.41, 5.74) is 3.57. The summed E-state index contributed by atoms with van der Waals surface area (Å²) in [6.07, 6.45) is 0. The van der Waals surface area contributed by atoms with Crippen molar-refractivity contribution in [2.24, 2.45) is 0 Å². The number of carbonyl (C=O) groups excluding carboxylic acids is 2. The Bertz CT molecular complexity index is 1350. The molecule has 0 saturated carbocycles. The van der Waals surface area contributed by atoms with E-state index in [4.69, 9.17) is 0 Å². The number of benzene rings is 4. The molecule has 34 heavy (non-hydrogen) atoms. The highest BCUT2D eigenvalue weighted by molar-refractivity contribution is 9.10. The van der Waals surface area contributed by atoms with Gasteiger partial charge in [-0.1, -0.05) is 94.8 Å². The first-order valence-electron chi connectivity index (χ1n) is 10.9. The highest BCUT2D eigenvalue weighted by Crippen LogP contribution is 2.43. The van der Waals surface area contributed by atoms with Crippen LogP contribution in [0, 0.1) is 0 Å². The zero-order valence-electron chi connectivity index (χ0n) is 18.2. The van der Waals surface area contributed by atoms with Gasteiger partial charge in [0.15, 0.2) is 5.78 Å². The topological polar surface area (TPSA) is 49.4 Å². The van der Waals surface area contributed by atoms with E-state index in [0.717, 1.165) is 21.4 Å². The summed E-state index contributed by atoms with van der Waals surface area (Å²) in [4.78, 5) is 29.6. The molecular formula is C29H21BrN2O2. The van der Waals surface area contributed by atoms with E-state index in [9.17, 15) is 9.59 Å². The van der Waals surface area contributed by atoms with Crippen LogP contribution in [-0.4, -0.2) is 11.7 Å². The quantitative estimate of drug-likeness (QED) is 0.292. The van der Waals surface area contributed by atoms with Crippen molar-refractivity contribution in [2.75, 3.05) is 10.2 Å². The highest BCUT2D eigenvalue weighted by atomic mass is 79.9. The van der Waals surface area contributed by atoms with Crippen LogP contribution >= 0.6 is 15.9 Å². The summed E-state index contributed by atoms with van der Waals surface area (Å²) in [5, 5.41) is 3.26. The summed E-state index contributed by atoms with van der Waals surface area (Å²) in [7, 11) is 0. The molecule has 1 aliphatic heterocycles. The van der Waals surface area contributed by atoms with Crippen molar-refractivity contribution < 1.29 is 9.59 Å². The molecule has 0 fully saturated rings. The fourth-order valence-corrected chi connectivity index (χ4v) is 4.47. The van der Waals surface area contributed by atoms with E-state index >= 15 is 0 Å². The number of Topliss-reactive ketones (excluding diaryl/α,β-unsaturated/α-hetero) is 1. The van der Waals surface area contributed by atoms with Crippen molar-refractivity contribution in [2.45, 2.75) is 6.04 Å². The average molecular weight is 509 g/mol. The lowest BCUT2D eigenvalue weighted by molar-refractivity contribution is -0.114. The number of nitrogens with zero attached hydrogens (tertiary/aromatic N) is 1. The molecule has 1 aliphatic rings. The molecule has 1 heterocycles. The Hall–Kier alpha value is -3.96. The summed E-state index contributed by atoms with van der Waals surface area (Å²) < 4.78 is 0.925. The van der Waals surface area contributed by atoms with Gasteiger partial charge < -0.3 is 5.32 Å². The number of nitrogens with one attached hydrogen (secondary N) is 1. The number of amides is 1. The minimum atomic E-state index is -0.582. The molecule has 5 heteroatoms. The summed E-state index contributed by atoms with van der Waals surface area (Å²) in [6, 6.07) is 35.2. The van der Waals surface area contributed by atoms with Crippen LogP contribution in [0.3, 0.4) is 0 Å². The molecule has 0 bridgehead atoms. The third-order valence-corrected chi connectivity index (χ3v) is 6.31. The van der Waals surface area contributed by atoms with Crippen LogP contribution in [-0.2, 0) is 4.79 Å². The van der Waals surface area contributed by atoms with Crippen LogP contribution in [0.15, 0.2) is 131 Å². The second-order valence-electron chi connectivity index (χ2n) is 7.94. The van der Waals surface area contributed by atoms with Crippen molar-refractivity contribution in [3.8, 4) is 0 Å². The van der Waals surface area contributed by atoms with E-state index < -0.39 is 6.04 Å². The molecule has 0 saturated heterocycles. The van der Waals surface area contributed by atoms with Crippen molar-refractivity contribution >= 4 is 39.0 Å². The Morgan fingerprint density at radius 1 is 0.735 bits per heavy atom. The van der Waals surface area contributed by atoms with Gasteiger partial charge >= 0.3 is 0 Å². The SMILES string of the molecule is O=C(C1=C(Nc2ccccc2)C(=O)N(c2ccccc2)C1c1ccc(Br)cc1)c1ccccc1. The van der Waals surface area contributed by atoms with Gasteiger partial charge in [-0.3, -0.25) is 14.5 Å². The second-order valence-corrected chi connectivity index (χ2v) is 8.86. The number of rotatable bonds is 6. The molecule has 4 nitrogen and oxygen atoms in total. The Kier molecular flexibility index (Phi) is 6.11. The van der Waals surface area contributed by atoms with Crippen molar-refractivity contribution in [3.05, 3.63) is 142 Å². The number of hydrogen-bond donors (Lipinski definition) is 1. The van der Waals surface area contributed by atoms with Crippen LogP contribution in [0.5, 0.6) is 0 Å².